The average molecular weight is 251 g/mol. The zero-order valence-electron chi connectivity index (χ0n) is 11.2. The van der Waals surface area contributed by atoms with E-state index in [0.717, 1.165) is 12.2 Å². The number of carbonyl (C=O) groups is 1. The van der Waals surface area contributed by atoms with Crippen molar-refractivity contribution in [1.29, 1.82) is 0 Å². The Morgan fingerprint density at radius 2 is 2.22 bits per heavy atom. The van der Waals surface area contributed by atoms with Crippen molar-refractivity contribution in [3.8, 4) is 0 Å². The van der Waals surface area contributed by atoms with Crippen LogP contribution in [0.5, 0.6) is 0 Å². The van der Waals surface area contributed by atoms with Crippen LogP contribution >= 0.6 is 0 Å². The lowest BCUT2D eigenvalue weighted by Crippen LogP contribution is -2.27. The van der Waals surface area contributed by atoms with Crippen molar-refractivity contribution in [3.63, 3.8) is 0 Å². The van der Waals surface area contributed by atoms with E-state index < -0.39 is 0 Å². The predicted molar refractivity (Wildman–Crippen MR) is 71.8 cm³/mol. The number of ether oxygens (including phenoxy) is 1. The molecule has 0 saturated carbocycles. The van der Waals surface area contributed by atoms with Crippen LogP contribution in [0.3, 0.4) is 0 Å². The molecule has 0 aliphatic heterocycles. The molecule has 18 heavy (non-hydrogen) atoms. The van der Waals surface area contributed by atoms with Gasteiger partial charge in [0.25, 0.3) is 5.91 Å². The fourth-order valence-corrected chi connectivity index (χ4v) is 1.31. The van der Waals surface area contributed by atoms with Crippen molar-refractivity contribution in [2.24, 2.45) is 5.92 Å². The van der Waals surface area contributed by atoms with E-state index in [1.807, 2.05) is 6.07 Å². The smallest absolute Gasteiger partial charge is 0.269 e. The van der Waals surface area contributed by atoms with Crippen molar-refractivity contribution < 1.29 is 9.53 Å². The molecule has 100 valence electrons. The van der Waals surface area contributed by atoms with E-state index in [9.17, 15) is 4.79 Å². The molecule has 5 heteroatoms. The fourth-order valence-electron chi connectivity index (χ4n) is 1.31. The molecule has 0 unspecified atom stereocenters. The minimum Gasteiger partial charge on any atom is -0.384 e. The molecule has 0 spiro atoms. The van der Waals surface area contributed by atoms with Crippen molar-refractivity contribution in [2.75, 3.05) is 32.1 Å². The van der Waals surface area contributed by atoms with E-state index in [0.29, 0.717) is 24.8 Å². The molecule has 0 fully saturated rings. The first kappa shape index (κ1) is 14.4. The lowest BCUT2D eigenvalue weighted by Gasteiger charge is -2.09. The van der Waals surface area contributed by atoms with Crippen LogP contribution in [0, 0.1) is 5.92 Å². The van der Waals surface area contributed by atoms with Gasteiger partial charge in [-0.2, -0.15) is 0 Å². The summed E-state index contributed by atoms with van der Waals surface area (Å²) >= 11 is 0. The van der Waals surface area contributed by atoms with E-state index in [2.05, 4.69) is 29.5 Å². The zero-order chi connectivity index (χ0) is 13.4. The molecule has 1 aromatic rings. The number of hydrogen-bond acceptors (Lipinski definition) is 4. The highest BCUT2D eigenvalue weighted by atomic mass is 16.5. The molecule has 1 rings (SSSR count). The summed E-state index contributed by atoms with van der Waals surface area (Å²) in [6.07, 6.45) is 1.67. The number of nitrogens with one attached hydrogen (secondary N) is 2. The first-order valence-electron chi connectivity index (χ1n) is 6.10. The molecule has 0 aliphatic rings. The van der Waals surface area contributed by atoms with Crippen molar-refractivity contribution >= 4 is 11.6 Å². The number of methoxy groups -OCH3 is 1. The summed E-state index contributed by atoms with van der Waals surface area (Å²) in [5.41, 5.74) is 1.35. The molecule has 0 aromatic carbocycles. The third-order valence-corrected chi connectivity index (χ3v) is 2.30. The topological polar surface area (TPSA) is 63.2 Å². The molecular weight excluding hydrogens is 230 g/mol. The van der Waals surface area contributed by atoms with E-state index in [1.165, 1.54) is 0 Å². The van der Waals surface area contributed by atoms with Crippen LogP contribution in [0.15, 0.2) is 18.3 Å². The Labute approximate surface area is 108 Å². The predicted octanol–water partition coefficient (Wildman–Crippen LogP) is 1.53. The Kier molecular flexibility index (Phi) is 6.14. The van der Waals surface area contributed by atoms with Crippen LogP contribution in [0.2, 0.25) is 0 Å². The summed E-state index contributed by atoms with van der Waals surface area (Å²) in [7, 11) is 1.60. The molecular formula is C13H21N3O2. The quantitative estimate of drug-likeness (QED) is 0.721. The summed E-state index contributed by atoms with van der Waals surface area (Å²) in [5, 5.41) is 5.97. The van der Waals surface area contributed by atoms with Crippen LogP contribution < -0.4 is 10.6 Å². The summed E-state index contributed by atoms with van der Waals surface area (Å²) in [6, 6.07) is 3.57. The molecule has 1 amide bonds. The lowest BCUT2D eigenvalue weighted by molar-refractivity contribution is 0.0932. The number of carbonyl (C=O) groups excluding carboxylic acids is 1. The first-order valence-corrected chi connectivity index (χ1v) is 6.10. The van der Waals surface area contributed by atoms with Gasteiger partial charge in [-0.3, -0.25) is 4.79 Å². The van der Waals surface area contributed by atoms with Crippen LogP contribution in [0.1, 0.15) is 24.3 Å². The summed E-state index contributed by atoms with van der Waals surface area (Å²) < 4.78 is 4.86. The highest BCUT2D eigenvalue weighted by molar-refractivity contribution is 5.92. The van der Waals surface area contributed by atoms with Crippen molar-refractivity contribution in [1.82, 2.24) is 10.3 Å². The lowest BCUT2D eigenvalue weighted by atomic mass is 10.2. The number of anilines is 1. The molecule has 1 heterocycles. The second-order valence-electron chi connectivity index (χ2n) is 4.46. The van der Waals surface area contributed by atoms with Crippen LogP contribution in [0.4, 0.5) is 5.69 Å². The van der Waals surface area contributed by atoms with E-state index in [1.54, 1.807) is 19.4 Å². The first-order chi connectivity index (χ1) is 8.63. The molecule has 0 atom stereocenters. The van der Waals surface area contributed by atoms with Gasteiger partial charge in [-0.15, -0.1) is 0 Å². The third kappa shape index (κ3) is 5.14. The van der Waals surface area contributed by atoms with Gasteiger partial charge in [-0.05, 0) is 18.1 Å². The molecule has 0 radical (unpaired) electrons. The van der Waals surface area contributed by atoms with Crippen LogP contribution in [-0.2, 0) is 4.74 Å². The number of nitrogens with zero attached hydrogens (tertiary/aromatic N) is 1. The van der Waals surface area contributed by atoms with Crippen LogP contribution in [-0.4, -0.2) is 37.7 Å². The zero-order valence-corrected chi connectivity index (χ0v) is 11.2. The van der Waals surface area contributed by atoms with Gasteiger partial charge in [0.1, 0.15) is 5.69 Å². The van der Waals surface area contributed by atoms with Crippen molar-refractivity contribution in [2.45, 2.75) is 13.8 Å². The normalized spacial score (nSPS) is 10.4. The van der Waals surface area contributed by atoms with Gasteiger partial charge in [-0.1, -0.05) is 13.8 Å². The maximum atomic E-state index is 11.6. The maximum absolute atomic E-state index is 11.6. The van der Waals surface area contributed by atoms with Gasteiger partial charge in [0, 0.05) is 20.2 Å². The highest BCUT2D eigenvalue weighted by Crippen LogP contribution is 2.07. The van der Waals surface area contributed by atoms with Gasteiger partial charge in [0.2, 0.25) is 0 Å². The van der Waals surface area contributed by atoms with Gasteiger partial charge in [0.05, 0.1) is 18.5 Å². The molecule has 1 aromatic heterocycles. The monoisotopic (exact) mass is 251 g/mol. The minimum atomic E-state index is -0.178. The molecule has 0 bridgehead atoms. The molecule has 0 aliphatic carbocycles. The highest BCUT2D eigenvalue weighted by Gasteiger charge is 2.06. The fraction of sp³-hybridized carbons (Fsp3) is 0.538. The summed E-state index contributed by atoms with van der Waals surface area (Å²) in [6.45, 7) is 6.15. The van der Waals surface area contributed by atoms with E-state index in [-0.39, 0.29) is 5.91 Å². The molecule has 0 saturated heterocycles. The Balaban J connectivity index is 2.46. The number of hydrogen-bond donors (Lipinski definition) is 2. The number of rotatable bonds is 7. The Morgan fingerprint density at radius 3 is 2.78 bits per heavy atom. The third-order valence-electron chi connectivity index (χ3n) is 2.30. The standard InChI is InChI=1S/C13H21N3O2/c1-10(2)8-15-11-4-5-12(16-9-11)13(17)14-6-7-18-3/h4-5,9-10,15H,6-8H2,1-3H3,(H,14,17). The Hall–Kier alpha value is -1.62. The second-order valence-corrected chi connectivity index (χ2v) is 4.46. The SMILES string of the molecule is COCCNC(=O)c1ccc(NCC(C)C)cn1. The van der Waals surface area contributed by atoms with Gasteiger partial charge in [-0.25, -0.2) is 4.98 Å². The number of amides is 1. The van der Waals surface area contributed by atoms with Crippen LogP contribution in [0.25, 0.3) is 0 Å². The van der Waals surface area contributed by atoms with Crippen molar-refractivity contribution in [3.05, 3.63) is 24.0 Å². The Bertz CT molecular complexity index is 363. The number of pyridine rings is 1. The summed E-state index contributed by atoms with van der Waals surface area (Å²) in [4.78, 5) is 15.8. The maximum Gasteiger partial charge on any atom is 0.269 e. The second kappa shape index (κ2) is 7.66. The Morgan fingerprint density at radius 1 is 1.44 bits per heavy atom. The largest absolute Gasteiger partial charge is 0.384 e. The average Bonchev–Trinajstić information content (AvgIpc) is 2.37. The van der Waals surface area contributed by atoms with E-state index >= 15 is 0 Å². The number of aromatic nitrogens is 1. The molecule has 2 N–H and O–H groups in total. The van der Waals surface area contributed by atoms with Gasteiger partial charge in [0.15, 0.2) is 0 Å². The van der Waals surface area contributed by atoms with Gasteiger partial charge < -0.3 is 15.4 Å². The minimum absolute atomic E-state index is 0.178. The van der Waals surface area contributed by atoms with Gasteiger partial charge >= 0.3 is 0 Å². The molecule has 5 nitrogen and oxygen atoms in total. The summed E-state index contributed by atoms with van der Waals surface area (Å²) in [5.74, 6) is 0.393. The van der Waals surface area contributed by atoms with E-state index in [4.69, 9.17) is 4.74 Å².